The van der Waals surface area contributed by atoms with Crippen LogP contribution in [0.2, 0.25) is 0 Å². The van der Waals surface area contributed by atoms with Gasteiger partial charge in [-0.25, -0.2) is 9.97 Å². The average Bonchev–Trinajstić information content (AvgIpc) is 2.80. The van der Waals surface area contributed by atoms with Crippen molar-refractivity contribution in [3.63, 3.8) is 0 Å². The molecule has 2 aromatic rings. The number of rotatable bonds is 5. The fraction of sp³-hybridized carbons (Fsp3) is 0.615. The summed E-state index contributed by atoms with van der Waals surface area (Å²) in [4.78, 5) is 12.9. The summed E-state index contributed by atoms with van der Waals surface area (Å²) in [7, 11) is 1.58. The van der Waals surface area contributed by atoms with E-state index in [1.54, 1.807) is 7.11 Å². The van der Waals surface area contributed by atoms with Crippen LogP contribution in [0, 0.1) is 0 Å². The number of aromatic nitrogens is 4. The fourth-order valence-electron chi connectivity index (χ4n) is 2.68. The zero-order chi connectivity index (χ0) is 14.1. The maximum atomic E-state index is 6.02. The van der Waals surface area contributed by atoms with E-state index in [1.165, 1.54) is 6.33 Å². The minimum Gasteiger partial charge on any atom is -0.479 e. The quantitative estimate of drug-likeness (QED) is 0.792. The molecule has 6 nitrogen and oxygen atoms in total. The minimum atomic E-state index is 0.328. The molecule has 3 rings (SSSR count). The zero-order valence-corrected chi connectivity index (χ0v) is 12.3. The first kappa shape index (κ1) is 13.6. The summed E-state index contributed by atoms with van der Waals surface area (Å²) in [5, 5.41) is 0. The number of fused-ring (bicyclic) bond motifs is 1. The summed E-state index contributed by atoms with van der Waals surface area (Å²) in [6, 6.07) is 0.338. The third-order valence-corrected chi connectivity index (χ3v) is 3.91. The van der Waals surface area contributed by atoms with Crippen molar-refractivity contribution >= 4 is 22.8 Å². The molecular weight excluding hydrogens is 280 g/mol. The number of nitrogens with zero attached hydrogens (tertiary/aromatic N) is 4. The van der Waals surface area contributed by atoms with Crippen molar-refractivity contribution in [2.24, 2.45) is 0 Å². The van der Waals surface area contributed by atoms with E-state index in [2.05, 4.69) is 19.5 Å². The predicted octanol–water partition coefficient (Wildman–Crippen LogP) is 2.31. The Morgan fingerprint density at radius 1 is 1.40 bits per heavy atom. The molecule has 1 aliphatic rings. The van der Waals surface area contributed by atoms with Gasteiger partial charge in [-0.3, -0.25) is 0 Å². The molecule has 0 aromatic carbocycles. The molecule has 7 heteroatoms. The van der Waals surface area contributed by atoms with Gasteiger partial charge in [-0.2, -0.15) is 4.98 Å². The SMILES string of the molecule is CCOC1CC(n2c(CCl)nc3c(OC)ncnc32)C1. The molecule has 108 valence electrons. The maximum absolute atomic E-state index is 6.02. The Labute approximate surface area is 122 Å². The highest BCUT2D eigenvalue weighted by Gasteiger charge is 2.34. The van der Waals surface area contributed by atoms with Crippen LogP contribution in [0.1, 0.15) is 31.6 Å². The summed E-state index contributed by atoms with van der Waals surface area (Å²) in [6.07, 6.45) is 3.76. The van der Waals surface area contributed by atoms with Crippen LogP contribution < -0.4 is 4.74 Å². The van der Waals surface area contributed by atoms with Crippen molar-refractivity contribution < 1.29 is 9.47 Å². The summed E-state index contributed by atoms with van der Waals surface area (Å²) in [5.74, 6) is 1.64. The van der Waals surface area contributed by atoms with Crippen molar-refractivity contribution in [3.05, 3.63) is 12.2 Å². The van der Waals surface area contributed by atoms with E-state index in [1.807, 2.05) is 6.92 Å². The van der Waals surface area contributed by atoms with E-state index in [-0.39, 0.29) is 0 Å². The third-order valence-electron chi connectivity index (χ3n) is 3.67. The van der Waals surface area contributed by atoms with Gasteiger partial charge in [0, 0.05) is 12.6 Å². The first-order valence-corrected chi connectivity index (χ1v) is 7.25. The smallest absolute Gasteiger partial charge is 0.245 e. The first-order valence-electron chi connectivity index (χ1n) is 6.71. The zero-order valence-electron chi connectivity index (χ0n) is 11.5. The molecule has 1 aliphatic carbocycles. The molecule has 0 unspecified atom stereocenters. The van der Waals surface area contributed by atoms with Gasteiger partial charge < -0.3 is 14.0 Å². The summed E-state index contributed by atoms with van der Waals surface area (Å²) in [5.41, 5.74) is 1.46. The van der Waals surface area contributed by atoms with Crippen molar-refractivity contribution in [2.45, 2.75) is 37.8 Å². The van der Waals surface area contributed by atoms with Crippen molar-refractivity contribution in [1.82, 2.24) is 19.5 Å². The Morgan fingerprint density at radius 3 is 2.85 bits per heavy atom. The topological polar surface area (TPSA) is 62.1 Å². The Hall–Kier alpha value is -1.40. The van der Waals surface area contributed by atoms with Crippen LogP contribution in [0.3, 0.4) is 0 Å². The third kappa shape index (κ3) is 2.13. The van der Waals surface area contributed by atoms with Crippen molar-refractivity contribution in [3.8, 4) is 5.88 Å². The highest BCUT2D eigenvalue weighted by molar-refractivity contribution is 6.16. The van der Waals surface area contributed by atoms with Crippen LogP contribution >= 0.6 is 11.6 Å². The van der Waals surface area contributed by atoms with Gasteiger partial charge in [0.05, 0.1) is 19.1 Å². The lowest BCUT2D eigenvalue weighted by Gasteiger charge is -2.36. The molecule has 0 radical (unpaired) electrons. The highest BCUT2D eigenvalue weighted by atomic mass is 35.5. The lowest BCUT2D eigenvalue weighted by molar-refractivity contribution is -0.0193. The predicted molar refractivity (Wildman–Crippen MR) is 75.1 cm³/mol. The van der Waals surface area contributed by atoms with Crippen LogP contribution in [0.4, 0.5) is 0 Å². The second-order valence-electron chi connectivity index (χ2n) is 4.79. The highest BCUT2D eigenvalue weighted by Crippen LogP contribution is 2.38. The van der Waals surface area contributed by atoms with Gasteiger partial charge in [0.2, 0.25) is 5.88 Å². The Kier molecular flexibility index (Phi) is 3.76. The van der Waals surface area contributed by atoms with E-state index in [0.29, 0.717) is 29.4 Å². The lowest BCUT2D eigenvalue weighted by atomic mass is 9.89. The monoisotopic (exact) mass is 296 g/mol. The number of halogens is 1. The van der Waals surface area contributed by atoms with E-state index in [0.717, 1.165) is 30.9 Å². The van der Waals surface area contributed by atoms with E-state index in [4.69, 9.17) is 21.1 Å². The molecule has 0 atom stereocenters. The molecule has 0 aliphatic heterocycles. The van der Waals surface area contributed by atoms with Crippen LogP contribution in [-0.2, 0) is 10.6 Å². The summed E-state index contributed by atoms with van der Waals surface area (Å²) in [6.45, 7) is 2.77. The fourth-order valence-corrected chi connectivity index (χ4v) is 2.87. The van der Waals surface area contributed by atoms with E-state index in [9.17, 15) is 0 Å². The number of alkyl halides is 1. The first-order chi connectivity index (χ1) is 9.78. The van der Waals surface area contributed by atoms with Gasteiger partial charge in [-0.05, 0) is 19.8 Å². The van der Waals surface area contributed by atoms with Crippen LogP contribution in [0.15, 0.2) is 6.33 Å². The average molecular weight is 297 g/mol. The van der Waals surface area contributed by atoms with Crippen LogP contribution in [0.5, 0.6) is 5.88 Å². The molecule has 1 saturated carbocycles. The lowest BCUT2D eigenvalue weighted by Crippen LogP contribution is -2.34. The molecular formula is C13H17ClN4O2. The Bertz CT molecular complexity index is 610. The number of methoxy groups -OCH3 is 1. The molecule has 0 spiro atoms. The van der Waals surface area contributed by atoms with Gasteiger partial charge >= 0.3 is 0 Å². The standard InChI is InChI=1S/C13H17ClN4O2/c1-3-20-9-4-8(5-9)18-10(6-14)17-11-12(18)15-7-16-13(11)19-2/h7-9H,3-6H2,1-2H3. The summed E-state index contributed by atoms with van der Waals surface area (Å²) < 4.78 is 12.9. The summed E-state index contributed by atoms with van der Waals surface area (Å²) >= 11 is 6.02. The van der Waals surface area contributed by atoms with Crippen LogP contribution in [-0.4, -0.2) is 39.3 Å². The molecule has 1 fully saturated rings. The number of hydrogen-bond acceptors (Lipinski definition) is 5. The van der Waals surface area contributed by atoms with E-state index < -0.39 is 0 Å². The number of ether oxygens (including phenoxy) is 2. The normalized spacial score (nSPS) is 21.9. The van der Waals surface area contributed by atoms with Gasteiger partial charge in [0.15, 0.2) is 11.2 Å². The Balaban J connectivity index is 1.98. The van der Waals surface area contributed by atoms with Crippen LogP contribution in [0.25, 0.3) is 11.2 Å². The molecule has 0 bridgehead atoms. The van der Waals surface area contributed by atoms with Gasteiger partial charge in [0.25, 0.3) is 0 Å². The molecule has 0 saturated heterocycles. The van der Waals surface area contributed by atoms with Gasteiger partial charge in [-0.15, -0.1) is 11.6 Å². The molecule has 0 N–H and O–H groups in total. The van der Waals surface area contributed by atoms with Crippen molar-refractivity contribution in [2.75, 3.05) is 13.7 Å². The Morgan fingerprint density at radius 2 is 2.20 bits per heavy atom. The molecule has 20 heavy (non-hydrogen) atoms. The van der Waals surface area contributed by atoms with Gasteiger partial charge in [-0.1, -0.05) is 0 Å². The molecule has 2 aromatic heterocycles. The number of hydrogen-bond donors (Lipinski definition) is 0. The molecule has 2 heterocycles. The second-order valence-corrected chi connectivity index (χ2v) is 5.06. The maximum Gasteiger partial charge on any atom is 0.245 e. The van der Waals surface area contributed by atoms with E-state index >= 15 is 0 Å². The number of imidazole rings is 1. The minimum absolute atomic E-state index is 0.328. The second kappa shape index (κ2) is 5.54. The van der Waals surface area contributed by atoms with Crippen molar-refractivity contribution in [1.29, 1.82) is 0 Å². The largest absolute Gasteiger partial charge is 0.479 e. The molecule has 0 amide bonds. The van der Waals surface area contributed by atoms with Gasteiger partial charge in [0.1, 0.15) is 12.2 Å².